The summed E-state index contributed by atoms with van der Waals surface area (Å²) in [6.07, 6.45) is 3.16. The fourth-order valence-electron chi connectivity index (χ4n) is 1.06. The summed E-state index contributed by atoms with van der Waals surface area (Å²) in [7, 11) is 0. The molecule has 2 aromatic heterocycles. The van der Waals surface area contributed by atoms with Gasteiger partial charge in [0.1, 0.15) is 5.69 Å². The zero-order chi connectivity index (χ0) is 9.26. The fraction of sp³-hybridized carbons (Fsp3) is 0.111. The molecule has 0 atom stereocenters. The highest BCUT2D eigenvalue weighted by Crippen LogP contribution is 2.21. The Morgan fingerprint density at radius 1 is 1.31 bits per heavy atom. The SMILES string of the molecule is Cc1ncoc1-c1ccc(Br)cn1. The molecule has 2 heterocycles. The molecule has 3 nitrogen and oxygen atoms in total. The number of hydrogen-bond acceptors (Lipinski definition) is 3. The van der Waals surface area contributed by atoms with E-state index in [2.05, 4.69) is 25.9 Å². The minimum absolute atomic E-state index is 0.729. The number of rotatable bonds is 1. The second-order valence-electron chi connectivity index (χ2n) is 2.63. The summed E-state index contributed by atoms with van der Waals surface area (Å²) in [5.41, 5.74) is 1.66. The van der Waals surface area contributed by atoms with Gasteiger partial charge in [0.05, 0.1) is 5.69 Å². The van der Waals surface area contributed by atoms with Crippen LogP contribution in [0.25, 0.3) is 11.5 Å². The normalized spacial score (nSPS) is 10.3. The number of oxazole rings is 1. The highest BCUT2D eigenvalue weighted by molar-refractivity contribution is 9.10. The van der Waals surface area contributed by atoms with Gasteiger partial charge in [0, 0.05) is 10.7 Å². The molecule has 0 fully saturated rings. The van der Waals surface area contributed by atoms with E-state index in [9.17, 15) is 0 Å². The number of hydrogen-bond donors (Lipinski definition) is 0. The molecule has 0 aliphatic carbocycles. The molecule has 0 amide bonds. The Morgan fingerprint density at radius 3 is 2.69 bits per heavy atom. The standard InChI is InChI=1S/C9H7BrN2O/c1-6-9(13-5-12-6)8-3-2-7(10)4-11-8/h2-5H,1H3. The molecule has 0 aliphatic heterocycles. The first kappa shape index (κ1) is 8.44. The molecule has 0 radical (unpaired) electrons. The second kappa shape index (κ2) is 3.30. The molecular formula is C9H7BrN2O. The van der Waals surface area contributed by atoms with Crippen LogP contribution in [0.15, 0.2) is 33.6 Å². The first-order valence-corrected chi connectivity index (χ1v) is 4.58. The van der Waals surface area contributed by atoms with Crippen molar-refractivity contribution in [2.75, 3.05) is 0 Å². The van der Waals surface area contributed by atoms with E-state index in [4.69, 9.17) is 4.42 Å². The fourth-order valence-corrected chi connectivity index (χ4v) is 1.29. The maximum Gasteiger partial charge on any atom is 0.181 e. The molecule has 0 bridgehead atoms. The Morgan fingerprint density at radius 2 is 2.15 bits per heavy atom. The lowest BCUT2D eigenvalue weighted by molar-refractivity contribution is 0.569. The summed E-state index contributed by atoms with van der Waals surface area (Å²) in [4.78, 5) is 8.20. The quantitative estimate of drug-likeness (QED) is 0.767. The molecule has 0 saturated carbocycles. The molecule has 4 heteroatoms. The third-order valence-electron chi connectivity index (χ3n) is 1.71. The Labute approximate surface area is 84.0 Å². The molecule has 66 valence electrons. The Bertz CT molecular complexity index is 408. The van der Waals surface area contributed by atoms with Crippen LogP contribution in [0.4, 0.5) is 0 Å². The van der Waals surface area contributed by atoms with Gasteiger partial charge in [0.25, 0.3) is 0 Å². The van der Waals surface area contributed by atoms with Gasteiger partial charge in [-0.1, -0.05) is 0 Å². The Balaban J connectivity index is 2.47. The molecule has 0 saturated heterocycles. The zero-order valence-corrected chi connectivity index (χ0v) is 8.58. The van der Waals surface area contributed by atoms with Crippen LogP contribution >= 0.6 is 15.9 Å². The van der Waals surface area contributed by atoms with Crippen molar-refractivity contribution in [2.45, 2.75) is 6.92 Å². The van der Waals surface area contributed by atoms with E-state index >= 15 is 0 Å². The van der Waals surface area contributed by atoms with Gasteiger partial charge in [0.2, 0.25) is 0 Å². The zero-order valence-electron chi connectivity index (χ0n) is 6.99. The van der Waals surface area contributed by atoms with Crippen molar-refractivity contribution in [1.29, 1.82) is 0 Å². The minimum Gasteiger partial charge on any atom is -0.442 e. The van der Waals surface area contributed by atoms with Crippen LogP contribution in [0, 0.1) is 6.92 Å². The highest BCUT2D eigenvalue weighted by atomic mass is 79.9. The number of pyridine rings is 1. The van der Waals surface area contributed by atoms with Gasteiger partial charge in [-0.05, 0) is 35.0 Å². The van der Waals surface area contributed by atoms with Crippen LogP contribution in [-0.4, -0.2) is 9.97 Å². The minimum atomic E-state index is 0.729. The summed E-state index contributed by atoms with van der Waals surface area (Å²) in [6, 6.07) is 3.81. The molecule has 0 N–H and O–H groups in total. The topological polar surface area (TPSA) is 38.9 Å². The predicted octanol–water partition coefficient (Wildman–Crippen LogP) is 2.81. The van der Waals surface area contributed by atoms with E-state index in [0.717, 1.165) is 21.6 Å². The Kier molecular flexibility index (Phi) is 2.14. The number of halogens is 1. The molecular weight excluding hydrogens is 232 g/mol. The van der Waals surface area contributed by atoms with Gasteiger partial charge in [-0.15, -0.1) is 0 Å². The van der Waals surface area contributed by atoms with Crippen molar-refractivity contribution in [3.8, 4) is 11.5 Å². The molecule has 0 spiro atoms. The van der Waals surface area contributed by atoms with E-state index in [1.165, 1.54) is 6.39 Å². The maximum absolute atomic E-state index is 5.20. The first-order chi connectivity index (χ1) is 6.27. The average molecular weight is 239 g/mol. The lowest BCUT2D eigenvalue weighted by Gasteiger charge is -1.95. The molecule has 13 heavy (non-hydrogen) atoms. The monoisotopic (exact) mass is 238 g/mol. The second-order valence-corrected chi connectivity index (χ2v) is 3.54. The van der Waals surface area contributed by atoms with Crippen LogP contribution in [0.2, 0.25) is 0 Å². The van der Waals surface area contributed by atoms with E-state index in [1.807, 2.05) is 19.1 Å². The number of aryl methyl sites for hydroxylation is 1. The summed E-state index contributed by atoms with van der Waals surface area (Å²) < 4.78 is 6.15. The Hall–Kier alpha value is -1.16. The molecule has 2 aromatic rings. The predicted molar refractivity (Wildman–Crippen MR) is 52.2 cm³/mol. The van der Waals surface area contributed by atoms with Gasteiger partial charge in [-0.25, -0.2) is 4.98 Å². The van der Waals surface area contributed by atoms with E-state index in [0.29, 0.717) is 0 Å². The highest BCUT2D eigenvalue weighted by Gasteiger charge is 2.06. The van der Waals surface area contributed by atoms with Crippen LogP contribution in [0.3, 0.4) is 0 Å². The molecule has 0 aliphatic rings. The van der Waals surface area contributed by atoms with Crippen molar-refractivity contribution < 1.29 is 4.42 Å². The van der Waals surface area contributed by atoms with Crippen molar-refractivity contribution in [3.05, 3.63) is 34.9 Å². The number of aromatic nitrogens is 2. The van der Waals surface area contributed by atoms with E-state index < -0.39 is 0 Å². The lowest BCUT2D eigenvalue weighted by Crippen LogP contribution is -1.82. The smallest absolute Gasteiger partial charge is 0.181 e. The maximum atomic E-state index is 5.20. The largest absolute Gasteiger partial charge is 0.442 e. The van der Waals surface area contributed by atoms with Crippen molar-refractivity contribution >= 4 is 15.9 Å². The van der Waals surface area contributed by atoms with Gasteiger partial charge in [-0.3, -0.25) is 4.98 Å². The third-order valence-corrected chi connectivity index (χ3v) is 2.17. The van der Waals surface area contributed by atoms with E-state index in [-0.39, 0.29) is 0 Å². The third kappa shape index (κ3) is 1.62. The summed E-state index contributed by atoms with van der Waals surface area (Å²) in [6.45, 7) is 1.89. The summed E-state index contributed by atoms with van der Waals surface area (Å²) >= 11 is 3.32. The molecule has 2 rings (SSSR count). The number of nitrogens with zero attached hydrogens (tertiary/aromatic N) is 2. The van der Waals surface area contributed by atoms with Gasteiger partial charge >= 0.3 is 0 Å². The first-order valence-electron chi connectivity index (χ1n) is 3.79. The molecule has 0 aromatic carbocycles. The van der Waals surface area contributed by atoms with Crippen LogP contribution < -0.4 is 0 Å². The van der Waals surface area contributed by atoms with Gasteiger partial charge in [-0.2, -0.15) is 0 Å². The van der Waals surface area contributed by atoms with Gasteiger partial charge in [0.15, 0.2) is 12.2 Å². The summed E-state index contributed by atoms with van der Waals surface area (Å²) in [5.74, 6) is 0.729. The van der Waals surface area contributed by atoms with Crippen LogP contribution in [0.5, 0.6) is 0 Å². The van der Waals surface area contributed by atoms with E-state index in [1.54, 1.807) is 6.20 Å². The van der Waals surface area contributed by atoms with Crippen molar-refractivity contribution in [2.24, 2.45) is 0 Å². The van der Waals surface area contributed by atoms with Gasteiger partial charge < -0.3 is 4.42 Å². The summed E-state index contributed by atoms with van der Waals surface area (Å²) in [5, 5.41) is 0. The lowest BCUT2D eigenvalue weighted by atomic mass is 10.2. The molecule has 0 unspecified atom stereocenters. The average Bonchev–Trinajstić information content (AvgIpc) is 2.53. The van der Waals surface area contributed by atoms with Crippen LogP contribution in [-0.2, 0) is 0 Å². The van der Waals surface area contributed by atoms with Crippen molar-refractivity contribution in [1.82, 2.24) is 9.97 Å². The van der Waals surface area contributed by atoms with Crippen molar-refractivity contribution in [3.63, 3.8) is 0 Å². The van der Waals surface area contributed by atoms with Crippen LogP contribution in [0.1, 0.15) is 5.69 Å².